The van der Waals surface area contributed by atoms with E-state index in [0.717, 1.165) is 16.9 Å². The predicted octanol–water partition coefficient (Wildman–Crippen LogP) is 3.16. The Balaban J connectivity index is 1.86. The van der Waals surface area contributed by atoms with Crippen LogP contribution in [0.5, 0.6) is 5.75 Å². The molecule has 0 saturated carbocycles. The van der Waals surface area contributed by atoms with Gasteiger partial charge < -0.3 is 15.0 Å². The van der Waals surface area contributed by atoms with Crippen LogP contribution >= 0.6 is 11.3 Å². The van der Waals surface area contributed by atoms with Gasteiger partial charge in [-0.3, -0.25) is 4.79 Å². The highest BCUT2D eigenvalue weighted by Gasteiger charge is 2.16. The third kappa shape index (κ3) is 5.08. The number of nitrogens with one attached hydrogen (secondary N) is 1. The number of hydrogen-bond donors (Lipinski definition) is 1. The number of amides is 1. The molecule has 0 fully saturated rings. The van der Waals surface area contributed by atoms with Gasteiger partial charge in [0, 0.05) is 11.4 Å². The first-order chi connectivity index (χ1) is 11.0. The number of carbonyl (C=O) groups excluding carboxylic acids is 1. The van der Waals surface area contributed by atoms with Gasteiger partial charge in [-0.15, -0.1) is 11.3 Å². The third-order valence-corrected chi connectivity index (χ3v) is 4.66. The molecular formula is C18H24N2O2S. The van der Waals surface area contributed by atoms with Crippen molar-refractivity contribution in [3.05, 3.63) is 51.7 Å². The van der Waals surface area contributed by atoms with Crippen molar-refractivity contribution in [3.8, 4) is 5.75 Å². The average molecular weight is 332 g/mol. The summed E-state index contributed by atoms with van der Waals surface area (Å²) in [6.07, 6.45) is 0. The number of carbonyl (C=O) groups is 1. The van der Waals surface area contributed by atoms with E-state index in [0.29, 0.717) is 6.54 Å². The average Bonchev–Trinajstić information content (AvgIpc) is 3.02. The summed E-state index contributed by atoms with van der Waals surface area (Å²) in [5.74, 6) is 0.664. The third-order valence-electron chi connectivity index (χ3n) is 3.69. The first kappa shape index (κ1) is 17.5. The Morgan fingerprint density at radius 2 is 2.09 bits per heavy atom. The lowest BCUT2D eigenvalue weighted by atomic mass is 10.1. The van der Waals surface area contributed by atoms with E-state index < -0.39 is 0 Å². The molecule has 0 aliphatic heterocycles. The van der Waals surface area contributed by atoms with Gasteiger partial charge in [0.05, 0.1) is 6.04 Å². The molecule has 1 N–H and O–H groups in total. The maximum Gasteiger partial charge on any atom is 0.258 e. The highest BCUT2D eigenvalue weighted by molar-refractivity contribution is 7.10. The van der Waals surface area contributed by atoms with Crippen molar-refractivity contribution in [2.75, 3.05) is 27.2 Å². The van der Waals surface area contributed by atoms with Gasteiger partial charge in [0.2, 0.25) is 0 Å². The summed E-state index contributed by atoms with van der Waals surface area (Å²) >= 11 is 1.70. The molecule has 2 rings (SSSR count). The van der Waals surface area contributed by atoms with E-state index in [4.69, 9.17) is 4.74 Å². The van der Waals surface area contributed by atoms with E-state index in [9.17, 15) is 4.79 Å². The number of thiophene rings is 1. The van der Waals surface area contributed by atoms with Crippen LogP contribution in [-0.4, -0.2) is 38.1 Å². The number of benzene rings is 1. The van der Waals surface area contributed by atoms with Crippen LogP contribution < -0.4 is 10.1 Å². The summed E-state index contributed by atoms with van der Waals surface area (Å²) in [5, 5.41) is 5.01. The molecule has 0 spiro atoms. The first-order valence-corrected chi connectivity index (χ1v) is 8.52. The topological polar surface area (TPSA) is 41.6 Å². The Kier molecular flexibility index (Phi) is 6.19. The minimum absolute atomic E-state index is 0.0366. The maximum absolute atomic E-state index is 12.1. The zero-order valence-corrected chi connectivity index (χ0v) is 14.9. The number of likely N-dealkylation sites (N-methyl/N-ethyl adjacent to an activating group) is 1. The van der Waals surface area contributed by atoms with Crippen molar-refractivity contribution in [1.82, 2.24) is 10.2 Å². The van der Waals surface area contributed by atoms with E-state index in [2.05, 4.69) is 21.7 Å². The molecule has 2 aromatic rings. The number of hydrogen-bond acceptors (Lipinski definition) is 4. The summed E-state index contributed by atoms with van der Waals surface area (Å²) in [6, 6.07) is 10.3. The largest absolute Gasteiger partial charge is 0.483 e. The van der Waals surface area contributed by atoms with Crippen molar-refractivity contribution in [1.29, 1.82) is 0 Å². The second-order valence-corrected chi connectivity index (χ2v) is 6.84. The van der Waals surface area contributed by atoms with Crippen LogP contribution in [0.25, 0.3) is 0 Å². The quantitative estimate of drug-likeness (QED) is 0.847. The van der Waals surface area contributed by atoms with Crippen molar-refractivity contribution < 1.29 is 9.53 Å². The van der Waals surface area contributed by atoms with Crippen LogP contribution in [0.4, 0.5) is 0 Å². The van der Waals surface area contributed by atoms with Gasteiger partial charge in [-0.2, -0.15) is 0 Å². The van der Waals surface area contributed by atoms with Crippen molar-refractivity contribution in [2.45, 2.75) is 19.9 Å². The highest BCUT2D eigenvalue weighted by Crippen LogP contribution is 2.22. The predicted molar refractivity (Wildman–Crippen MR) is 95.2 cm³/mol. The number of nitrogens with zero attached hydrogens (tertiary/aromatic N) is 1. The normalized spacial score (nSPS) is 12.2. The van der Waals surface area contributed by atoms with Crippen LogP contribution in [0, 0.1) is 13.8 Å². The smallest absolute Gasteiger partial charge is 0.258 e. The molecule has 124 valence electrons. The zero-order chi connectivity index (χ0) is 16.8. The van der Waals surface area contributed by atoms with E-state index in [-0.39, 0.29) is 18.6 Å². The molecule has 1 unspecified atom stereocenters. The minimum Gasteiger partial charge on any atom is -0.483 e. The molecule has 0 aliphatic carbocycles. The van der Waals surface area contributed by atoms with E-state index in [1.165, 1.54) is 4.88 Å². The molecule has 0 saturated heterocycles. The van der Waals surface area contributed by atoms with Crippen LogP contribution in [-0.2, 0) is 4.79 Å². The molecular weight excluding hydrogens is 308 g/mol. The maximum atomic E-state index is 12.1. The second kappa shape index (κ2) is 8.13. The lowest BCUT2D eigenvalue weighted by Gasteiger charge is -2.23. The molecule has 1 amide bonds. The summed E-state index contributed by atoms with van der Waals surface area (Å²) in [6.45, 7) is 4.60. The van der Waals surface area contributed by atoms with Crippen LogP contribution in [0.3, 0.4) is 0 Å². The minimum atomic E-state index is -0.102. The first-order valence-electron chi connectivity index (χ1n) is 7.64. The molecule has 1 atom stereocenters. The Bertz CT molecular complexity index is 638. The van der Waals surface area contributed by atoms with Gasteiger partial charge in [-0.25, -0.2) is 0 Å². The Morgan fingerprint density at radius 3 is 2.74 bits per heavy atom. The molecule has 0 bridgehead atoms. The van der Waals surface area contributed by atoms with Gasteiger partial charge >= 0.3 is 0 Å². The standard InChI is InChI=1S/C18H24N2O2S/c1-13-7-8-14(2)16(10-13)22-12-18(21)19-11-15(20(3)4)17-6-5-9-23-17/h5-10,15H,11-12H2,1-4H3,(H,19,21). The van der Waals surface area contributed by atoms with Crippen LogP contribution in [0.15, 0.2) is 35.7 Å². The number of ether oxygens (including phenoxy) is 1. The Labute approximate surface area is 142 Å². The van der Waals surface area contributed by atoms with E-state index in [1.54, 1.807) is 11.3 Å². The lowest BCUT2D eigenvalue weighted by molar-refractivity contribution is -0.123. The van der Waals surface area contributed by atoms with Crippen molar-refractivity contribution in [2.24, 2.45) is 0 Å². The van der Waals surface area contributed by atoms with Gasteiger partial charge in [-0.05, 0) is 56.6 Å². The number of rotatable bonds is 7. The lowest BCUT2D eigenvalue weighted by Crippen LogP contribution is -2.36. The van der Waals surface area contributed by atoms with Gasteiger partial charge in [0.15, 0.2) is 6.61 Å². The van der Waals surface area contributed by atoms with E-state index in [1.807, 2.05) is 52.2 Å². The fraction of sp³-hybridized carbons (Fsp3) is 0.389. The van der Waals surface area contributed by atoms with Gasteiger partial charge in [-0.1, -0.05) is 18.2 Å². The van der Waals surface area contributed by atoms with Crippen LogP contribution in [0.2, 0.25) is 0 Å². The fourth-order valence-electron chi connectivity index (χ4n) is 2.29. The molecule has 4 nitrogen and oxygen atoms in total. The molecule has 5 heteroatoms. The summed E-state index contributed by atoms with van der Waals surface area (Å²) in [4.78, 5) is 15.4. The van der Waals surface area contributed by atoms with Crippen molar-refractivity contribution >= 4 is 17.2 Å². The van der Waals surface area contributed by atoms with Crippen LogP contribution in [0.1, 0.15) is 22.0 Å². The highest BCUT2D eigenvalue weighted by atomic mass is 32.1. The van der Waals surface area contributed by atoms with Gasteiger partial charge in [0.1, 0.15) is 5.75 Å². The monoisotopic (exact) mass is 332 g/mol. The SMILES string of the molecule is Cc1ccc(C)c(OCC(=O)NCC(c2cccs2)N(C)C)c1. The molecule has 1 aromatic heterocycles. The summed E-state index contributed by atoms with van der Waals surface area (Å²) in [7, 11) is 4.03. The molecule has 0 radical (unpaired) electrons. The second-order valence-electron chi connectivity index (χ2n) is 5.86. The Hall–Kier alpha value is -1.85. The van der Waals surface area contributed by atoms with Crippen molar-refractivity contribution in [3.63, 3.8) is 0 Å². The molecule has 1 heterocycles. The summed E-state index contributed by atoms with van der Waals surface area (Å²) in [5.41, 5.74) is 2.16. The summed E-state index contributed by atoms with van der Waals surface area (Å²) < 4.78 is 5.64. The van der Waals surface area contributed by atoms with Gasteiger partial charge in [0.25, 0.3) is 5.91 Å². The molecule has 0 aliphatic rings. The van der Waals surface area contributed by atoms with E-state index >= 15 is 0 Å². The Morgan fingerprint density at radius 1 is 1.30 bits per heavy atom. The molecule has 1 aromatic carbocycles. The molecule has 23 heavy (non-hydrogen) atoms. The number of aryl methyl sites for hydroxylation is 2. The zero-order valence-electron chi connectivity index (χ0n) is 14.1. The fourth-order valence-corrected chi connectivity index (χ4v) is 3.21.